The molecule has 2 amide bonds. The predicted octanol–water partition coefficient (Wildman–Crippen LogP) is 3.12. The van der Waals surface area contributed by atoms with Crippen molar-refractivity contribution in [2.75, 3.05) is 10.6 Å². The van der Waals surface area contributed by atoms with Crippen molar-refractivity contribution in [1.82, 2.24) is 9.78 Å². The van der Waals surface area contributed by atoms with Crippen LogP contribution in [0.5, 0.6) is 0 Å². The van der Waals surface area contributed by atoms with Gasteiger partial charge in [-0.3, -0.25) is 9.59 Å². The standard InChI is InChI=1S/C17H17BrN4O2/c1-8(2)22-15-11(7-19-22)17(6-13(23)20-15)10-4-9(3)5-12(18)14(10)21-16(17)24/h4-5,7-8H,6H2,1-3H3,(H,20,23)(H,21,24). The van der Waals surface area contributed by atoms with Gasteiger partial charge in [0, 0.05) is 22.5 Å². The number of carbonyl (C=O) groups excluding carboxylic acids is 2. The maximum Gasteiger partial charge on any atom is 0.240 e. The van der Waals surface area contributed by atoms with Crippen molar-refractivity contribution in [3.05, 3.63) is 39.5 Å². The zero-order chi connectivity index (χ0) is 17.2. The van der Waals surface area contributed by atoms with Crippen molar-refractivity contribution in [3.63, 3.8) is 0 Å². The Kier molecular flexibility index (Phi) is 3.16. The van der Waals surface area contributed by atoms with Crippen LogP contribution in [-0.4, -0.2) is 21.6 Å². The summed E-state index contributed by atoms with van der Waals surface area (Å²) in [5.41, 5.74) is 2.33. The highest BCUT2D eigenvalue weighted by molar-refractivity contribution is 9.10. The smallest absolute Gasteiger partial charge is 0.240 e. The lowest BCUT2D eigenvalue weighted by atomic mass is 9.71. The fourth-order valence-corrected chi connectivity index (χ4v) is 4.37. The van der Waals surface area contributed by atoms with Crippen LogP contribution >= 0.6 is 15.9 Å². The van der Waals surface area contributed by atoms with Gasteiger partial charge in [-0.05, 0) is 53.9 Å². The maximum absolute atomic E-state index is 13.0. The van der Waals surface area contributed by atoms with Crippen molar-refractivity contribution >= 4 is 39.2 Å². The van der Waals surface area contributed by atoms with Gasteiger partial charge in [0.05, 0.1) is 11.9 Å². The van der Waals surface area contributed by atoms with E-state index in [9.17, 15) is 9.59 Å². The number of carbonyl (C=O) groups is 2. The van der Waals surface area contributed by atoms with Gasteiger partial charge in [-0.1, -0.05) is 6.07 Å². The van der Waals surface area contributed by atoms with E-state index in [1.165, 1.54) is 0 Å². The molecule has 1 unspecified atom stereocenters. The molecule has 1 aromatic heterocycles. The van der Waals surface area contributed by atoms with Crippen LogP contribution in [0.1, 0.15) is 43.0 Å². The van der Waals surface area contributed by atoms with Gasteiger partial charge < -0.3 is 10.6 Å². The lowest BCUT2D eigenvalue weighted by Crippen LogP contribution is -2.43. The van der Waals surface area contributed by atoms with Crippen molar-refractivity contribution in [1.29, 1.82) is 0 Å². The number of rotatable bonds is 1. The molecule has 2 N–H and O–H groups in total. The molecule has 0 fully saturated rings. The normalized spacial score (nSPS) is 21.7. The number of fused-ring (bicyclic) bond motifs is 4. The number of hydrogen-bond donors (Lipinski definition) is 2. The van der Waals surface area contributed by atoms with Gasteiger partial charge in [-0.2, -0.15) is 5.10 Å². The van der Waals surface area contributed by atoms with Gasteiger partial charge in [0.2, 0.25) is 11.8 Å². The van der Waals surface area contributed by atoms with E-state index >= 15 is 0 Å². The highest BCUT2D eigenvalue weighted by Gasteiger charge is 2.54. The first-order valence-electron chi connectivity index (χ1n) is 7.84. The Hall–Kier alpha value is -2.15. The average Bonchev–Trinajstić information content (AvgIpc) is 3.02. The molecule has 4 rings (SSSR count). The lowest BCUT2D eigenvalue weighted by molar-refractivity contribution is -0.125. The van der Waals surface area contributed by atoms with Gasteiger partial charge in [-0.15, -0.1) is 0 Å². The molecule has 3 heterocycles. The van der Waals surface area contributed by atoms with Crippen LogP contribution in [0.3, 0.4) is 0 Å². The Bertz CT molecular complexity index is 902. The Morgan fingerprint density at radius 2 is 2.00 bits per heavy atom. The average molecular weight is 389 g/mol. The number of nitrogens with zero attached hydrogens (tertiary/aromatic N) is 2. The molecule has 7 heteroatoms. The van der Waals surface area contributed by atoms with Crippen LogP contribution < -0.4 is 10.6 Å². The molecule has 2 aliphatic rings. The first-order chi connectivity index (χ1) is 11.3. The molecule has 2 aromatic rings. The van der Waals surface area contributed by atoms with Gasteiger partial charge in [0.1, 0.15) is 11.2 Å². The minimum absolute atomic E-state index is 0.0809. The highest BCUT2D eigenvalue weighted by atomic mass is 79.9. The quantitative estimate of drug-likeness (QED) is 0.787. The molecule has 1 aromatic carbocycles. The molecule has 0 radical (unpaired) electrons. The number of benzene rings is 1. The summed E-state index contributed by atoms with van der Waals surface area (Å²) in [5.74, 6) is 0.260. The molecule has 1 atom stereocenters. The third-order valence-corrected chi connectivity index (χ3v) is 5.37. The van der Waals surface area contributed by atoms with Gasteiger partial charge in [0.15, 0.2) is 0 Å². The number of aryl methyl sites for hydroxylation is 1. The van der Waals surface area contributed by atoms with Crippen LogP contribution in [0.25, 0.3) is 0 Å². The third kappa shape index (κ3) is 1.84. The SMILES string of the molecule is Cc1cc(Br)c2c(c1)C1(CC(=O)Nc3c1cnn3C(C)C)C(=O)N2. The van der Waals surface area contributed by atoms with Crippen molar-refractivity contribution in [2.24, 2.45) is 0 Å². The largest absolute Gasteiger partial charge is 0.324 e. The summed E-state index contributed by atoms with van der Waals surface area (Å²) in [6.07, 6.45) is 1.79. The molecular weight excluding hydrogens is 372 g/mol. The van der Waals surface area contributed by atoms with Gasteiger partial charge in [-0.25, -0.2) is 4.68 Å². The minimum atomic E-state index is -1.02. The second-order valence-corrected chi connectivity index (χ2v) is 7.55. The van der Waals surface area contributed by atoms with Gasteiger partial charge in [0.25, 0.3) is 0 Å². The molecule has 6 nitrogen and oxygen atoms in total. The first kappa shape index (κ1) is 15.4. The topological polar surface area (TPSA) is 76.0 Å². The molecule has 0 saturated heterocycles. The summed E-state index contributed by atoms with van der Waals surface area (Å²) in [6, 6.07) is 4.02. The Labute approximate surface area is 147 Å². The molecule has 0 bridgehead atoms. The van der Waals surface area contributed by atoms with E-state index < -0.39 is 5.41 Å². The lowest BCUT2D eigenvalue weighted by Gasteiger charge is -2.32. The Morgan fingerprint density at radius 3 is 2.71 bits per heavy atom. The predicted molar refractivity (Wildman–Crippen MR) is 94.1 cm³/mol. The maximum atomic E-state index is 13.0. The third-order valence-electron chi connectivity index (χ3n) is 4.75. The van der Waals surface area contributed by atoms with E-state index in [-0.39, 0.29) is 24.3 Å². The summed E-state index contributed by atoms with van der Waals surface area (Å²) in [6.45, 7) is 5.96. The number of amides is 2. The Balaban J connectivity index is 2.04. The molecule has 2 aliphatic heterocycles. The molecule has 124 valence electrons. The number of hydrogen-bond acceptors (Lipinski definition) is 3. The second-order valence-electron chi connectivity index (χ2n) is 6.70. The van der Waals surface area contributed by atoms with Crippen LogP contribution in [0.15, 0.2) is 22.8 Å². The fourth-order valence-electron chi connectivity index (χ4n) is 3.69. The van der Waals surface area contributed by atoms with E-state index in [1.807, 2.05) is 32.9 Å². The van der Waals surface area contributed by atoms with Crippen LogP contribution in [0.2, 0.25) is 0 Å². The molecule has 0 aliphatic carbocycles. The molecular formula is C17H17BrN4O2. The van der Waals surface area contributed by atoms with E-state index in [1.54, 1.807) is 10.9 Å². The molecule has 1 spiro atoms. The van der Waals surface area contributed by atoms with E-state index in [0.29, 0.717) is 5.82 Å². The zero-order valence-electron chi connectivity index (χ0n) is 13.6. The monoisotopic (exact) mass is 388 g/mol. The van der Waals surface area contributed by atoms with Crippen molar-refractivity contribution in [2.45, 2.75) is 38.6 Å². The summed E-state index contributed by atoms with van der Waals surface area (Å²) >= 11 is 3.52. The summed E-state index contributed by atoms with van der Waals surface area (Å²) in [5, 5.41) is 10.3. The summed E-state index contributed by atoms with van der Waals surface area (Å²) in [7, 11) is 0. The number of nitrogens with one attached hydrogen (secondary N) is 2. The van der Waals surface area contributed by atoms with Crippen molar-refractivity contribution in [3.8, 4) is 0 Å². The number of aromatic nitrogens is 2. The second kappa shape index (κ2) is 4.92. The molecule has 24 heavy (non-hydrogen) atoms. The fraction of sp³-hybridized carbons (Fsp3) is 0.353. The summed E-state index contributed by atoms with van der Waals surface area (Å²) in [4.78, 5) is 25.5. The van der Waals surface area contributed by atoms with E-state index in [0.717, 1.165) is 26.9 Å². The van der Waals surface area contributed by atoms with Crippen LogP contribution in [0, 0.1) is 6.92 Å². The molecule has 0 saturated carbocycles. The van der Waals surface area contributed by atoms with E-state index in [4.69, 9.17) is 0 Å². The number of anilines is 2. The van der Waals surface area contributed by atoms with Gasteiger partial charge >= 0.3 is 0 Å². The summed E-state index contributed by atoms with van der Waals surface area (Å²) < 4.78 is 2.58. The highest BCUT2D eigenvalue weighted by Crippen LogP contribution is 2.52. The number of halogens is 1. The van der Waals surface area contributed by atoms with Crippen LogP contribution in [-0.2, 0) is 15.0 Å². The Morgan fingerprint density at radius 1 is 1.25 bits per heavy atom. The van der Waals surface area contributed by atoms with E-state index in [2.05, 4.69) is 31.7 Å². The minimum Gasteiger partial charge on any atom is -0.324 e. The zero-order valence-corrected chi connectivity index (χ0v) is 15.2. The first-order valence-corrected chi connectivity index (χ1v) is 8.64. The van der Waals surface area contributed by atoms with Crippen molar-refractivity contribution < 1.29 is 9.59 Å². The van der Waals surface area contributed by atoms with Crippen LogP contribution in [0.4, 0.5) is 11.5 Å².